The van der Waals surface area contributed by atoms with Gasteiger partial charge in [0, 0.05) is 13.0 Å². The van der Waals surface area contributed by atoms with Crippen molar-refractivity contribution in [2.75, 3.05) is 6.54 Å². The summed E-state index contributed by atoms with van der Waals surface area (Å²) >= 11 is 0. The van der Waals surface area contributed by atoms with Crippen LogP contribution in [0, 0.1) is 6.92 Å². The Morgan fingerprint density at radius 2 is 1.64 bits per heavy atom. The van der Waals surface area contributed by atoms with E-state index in [1.807, 2.05) is 6.92 Å². The normalized spacial score (nSPS) is 12.5. The Kier molecular flexibility index (Phi) is 10.8. The zero-order chi connectivity index (χ0) is 21.0. The van der Waals surface area contributed by atoms with Gasteiger partial charge in [0.1, 0.15) is 6.04 Å². The maximum absolute atomic E-state index is 12.3. The molecule has 0 aliphatic rings. The van der Waals surface area contributed by atoms with E-state index < -0.39 is 22.0 Å². The number of aryl methyl sites for hydroxylation is 1. The summed E-state index contributed by atoms with van der Waals surface area (Å²) < 4.78 is 26.9. The number of nitrogens with one attached hydrogen (secondary N) is 2. The van der Waals surface area contributed by atoms with Gasteiger partial charge in [-0.15, -0.1) is 0 Å². The molecule has 3 N–H and O–H groups in total. The Balaban J connectivity index is 2.41. The molecule has 0 aliphatic carbocycles. The van der Waals surface area contributed by atoms with Crippen molar-refractivity contribution in [2.45, 2.75) is 76.2 Å². The smallest absolute Gasteiger partial charge is 0.321 e. The van der Waals surface area contributed by atoms with Crippen molar-refractivity contribution in [3.05, 3.63) is 29.8 Å². The zero-order valence-corrected chi connectivity index (χ0v) is 17.6. The van der Waals surface area contributed by atoms with Crippen LogP contribution in [0.5, 0.6) is 0 Å². The average Bonchev–Trinajstić information content (AvgIpc) is 2.64. The van der Waals surface area contributed by atoms with Crippen LogP contribution in [-0.2, 0) is 19.6 Å². The molecule has 0 aromatic heterocycles. The number of carbonyl (C=O) groups is 2. The molecule has 1 rings (SSSR count). The molecule has 0 radical (unpaired) electrons. The number of carboxylic acid groups (broad SMARTS) is 1. The number of benzene rings is 1. The molecule has 1 aromatic carbocycles. The number of rotatable bonds is 14. The molecule has 7 nitrogen and oxygen atoms in total. The van der Waals surface area contributed by atoms with Crippen LogP contribution in [-0.4, -0.2) is 38.0 Å². The number of carbonyl (C=O) groups excluding carboxylic acids is 1. The van der Waals surface area contributed by atoms with Gasteiger partial charge < -0.3 is 10.4 Å². The summed E-state index contributed by atoms with van der Waals surface area (Å²) in [5.41, 5.74) is 0.904. The Hall–Kier alpha value is -1.93. The second-order valence-corrected chi connectivity index (χ2v) is 8.70. The van der Waals surface area contributed by atoms with Gasteiger partial charge in [-0.3, -0.25) is 9.59 Å². The molecule has 158 valence electrons. The van der Waals surface area contributed by atoms with E-state index in [0.717, 1.165) is 24.8 Å². The summed E-state index contributed by atoms with van der Waals surface area (Å²) in [4.78, 5) is 23.2. The second kappa shape index (κ2) is 12.5. The van der Waals surface area contributed by atoms with Gasteiger partial charge in [-0.05, 0) is 31.9 Å². The summed E-state index contributed by atoms with van der Waals surface area (Å²) in [5.74, 6) is -1.41. The van der Waals surface area contributed by atoms with Crippen LogP contribution in [0.2, 0.25) is 0 Å². The van der Waals surface area contributed by atoms with Crippen LogP contribution in [0.15, 0.2) is 29.2 Å². The lowest BCUT2D eigenvalue weighted by atomic mass is 10.1. The average molecular weight is 413 g/mol. The number of unbranched alkanes of at least 4 members (excludes halogenated alkanes) is 5. The van der Waals surface area contributed by atoms with Gasteiger partial charge in [0.15, 0.2) is 0 Å². The van der Waals surface area contributed by atoms with Crippen molar-refractivity contribution < 1.29 is 23.1 Å². The topological polar surface area (TPSA) is 113 Å². The number of hydrogen-bond acceptors (Lipinski definition) is 4. The van der Waals surface area contributed by atoms with E-state index >= 15 is 0 Å². The molecular weight excluding hydrogens is 380 g/mol. The van der Waals surface area contributed by atoms with Crippen LogP contribution in [0.3, 0.4) is 0 Å². The highest BCUT2D eigenvalue weighted by atomic mass is 32.2. The number of sulfonamides is 1. The van der Waals surface area contributed by atoms with E-state index in [0.29, 0.717) is 6.42 Å². The van der Waals surface area contributed by atoms with E-state index in [9.17, 15) is 23.1 Å². The molecule has 1 atom stereocenters. The summed E-state index contributed by atoms with van der Waals surface area (Å²) in [7, 11) is -3.94. The van der Waals surface area contributed by atoms with Gasteiger partial charge in [-0.2, -0.15) is 4.72 Å². The second-order valence-electron chi connectivity index (χ2n) is 6.98. The quantitative estimate of drug-likeness (QED) is 0.407. The minimum atomic E-state index is -3.94. The van der Waals surface area contributed by atoms with Crippen LogP contribution in [0.1, 0.15) is 63.9 Å². The first-order valence-electron chi connectivity index (χ1n) is 9.84. The molecule has 0 bridgehead atoms. The third kappa shape index (κ3) is 9.32. The van der Waals surface area contributed by atoms with Gasteiger partial charge in [-0.1, -0.05) is 56.7 Å². The Morgan fingerprint density at radius 3 is 2.25 bits per heavy atom. The fourth-order valence-electron chi connectivity index (χ4n) is 2.72. The lowest BCUT2D eigenvalue weighted by Gasteiger charge is -2.15. The van der Waals surface area contributed by atoms with Crippen LogP contribution >= 0.6 is 0 Å². The summed E-state index contributed by atoms with van der Waals surface area (Å²) in [5, 5.41) is 12.0. The predicted molar refractivity (Wildman–Crippen MR) is 109 cm³/mol. The lowest BCUT2D eigenvalue weighted by Crippen LogP contribution is -2.43. The van der Waals surface area contributed by atoms with Crippen molar-refractivity contribution in [3.63, 3.8) is 0 Å². The third-order valence-electron chi connectivity index (χ3n) is 4.44. The Labute approximate surface area is 168 Å². The summed E-state index contributed by atoms with van der Waals surface area (Å²) in [6, 6.07) is 4.85. The number of hydrogen-bond donors (Lipinski definition) is 3. The molecule has 28 heavy (non-hydrogen) atoms. The van der Waals surface area contributed by atoms with Gasteiger partial charge >= 0.3 is 5.97 Å². The van der Waals surface area contributed by atoms with Gasteiger partial charge in [0.25, 0.3) is 0 Å². The molecule has 1 amide bonds. The maximum atomic E-state index is 12.3. The largest absolute Gasteiger partial charge is 0.480 e. The standard InChI is InChI=1S/C20H32N2O5S/c1-3-4-5-6-7-8-9-19(23)21-15-14-18(20(24)25)22-28(26,27)17-12-10-16(2)11-13-17/h10-13,18,22H,3-9,14-15H2,1-2H3,(H,21,23)(H,24,25)/t18-/m1/s1. The minimum absolute atomic E-state index is 0.0106. The highest BCUT2D eigenvalue weighted by molar-refractivity contribution is 7.89. The van der Waals surface area contributed by atoms with E-state index in [-0.39, 0.29) is 23.8 Å². The Morgan fingerprint density at radius 1 is 1.04 bits per heavy atom. The first-order chi connectivity index (χ1) is 13.3. The van der Waals surface area contributed by atoms with Crippen molar-refractivity contribution in [3.8, 4) is 0 Å². The van der Waals surface area contributed by atoms with Gasteiger partial charge in [0.2, 0.25) is 15.9 Å². The first-order valence-corrected chi connectivity index (χ1v) is 11.3. The first kappa shape index (κ1) is 24.1. The van der Waals surface area contributed by atoms with Crippen LogP contribution in [0.4, 0.5) is 0 Å². The number of amides is 1. The summed E-state index contributed by atoms with van der Waals surface area (Å²) in [6.45, 7) is 4.08. The molecule has 0 fully saturated rings. The van der Waals surface area contributed by atoms with Gasteiger partial charge in [-0.25, -0.2) is 8.42 Å². The predicted octanol–water partition coefficient (Wildman–Crippen LogP) is 2.98. The molecule has 0 spiro atoms. The van der Waals surface area contributed by atoms with E-state index in [1.165, 1.54) is 31.4 Å². The Bertz CT molecular complexity index is 717. The lowest BCUT2D eigenvalue weighted by molar-refractivity contribution is -0.139. The highest BCUT2D eigenvalue weighted by Crippen LogP contribution is 2.11. The fraction of sp³-hybridized carbons (Fsp3) is 0.600. The van der Waals surface area contributed by atoms with E-state index in [1.54, 1.807) is 12.1 Å². The third-order valence-corrected chi connectivity index (χ3v) is 5.93. The van der Waals surface area contributed by atoms with E-state index in [4.69, 9.17) is 0 Å². The fourth-order valence-corrected chi connectivity index (χ4v) is 3.94. The number of carboxylic acids is 1. The highest BCUT2D eigenvalue weighted by Gasteiger charge is 2.25. The SMILES string of the molecule is CCCCCCCCC(=O)NCC[C@@H](NS(=O)(=O)c1ccc(C)cc1)C(=O)O. The molecule has 0 aliphatic heterocycles. The number of aliphatic carboxylic acids is 1. The zero-order valence-electron chi connectivity index (χ0n) is 16.7. The van der Waals surface area contributed by atoms with Crippen molar-refractivity contribution >= 4 is 21.9 Å². The maximum Gasteiger partial charge on any atom is 0.321 e. The molecule has 8 heteroatoms. The summed E-state index contributed by atoms with van der Waals surface area (Å²) in [6.07, 6.45) is 6.86. The van der Waals surface area contributed by atoms with E-state index in [2.05, 4.69) is 17.0 Å². The molecule has 0 saturated carbocycles. The van der Waals surface area contributed by atoms with Crippen molar-refractivity contribution in [1.82, 2.24) is 10.0 Å². The van der Waals surface area contributed by atoms with Crippen LogP contribution in [0.25, 0.3) is 0 Å². The molecule has 0 heterocycles. The van der Waals surface area contributed by atoms with Crippen molar-refractivity contribution in [2.24, 2.45) is 0 Å². The van der Waals surface area contributed by atoms with Crippen molar-refractivity contribution in [1.29, 1.82) is 0 Å². The molecule has 0 unspecified atom stereocenters. The molecular formula is C20H32N2O5S. The van der Waals surface area contributed by atoms with Gasteiger partial charge in [0.05, 0.1) is 4.90 Å². The molecule has 1 aromatic rings. The molecule has 0 saturated heterocycles. The monoisotopic (exact) mass is 412 g/mol. The van der Waals surface area contributed by atoms with Crippen LogP contribution < -0.4 is 10.0 Å². The minimum Gasteiger partial charge on any atom is -0.480 e.